The first-order valence-corrected chi connectivity index (χ1v) is 10.4. The summed E-state index contributed by atoms with van der Waals surface area (Å²) in [6.45, 7) is 0.319. The first-order chi connectivity index (χ1) is 16.1. The Bertz CT molecular complexity index is 1650. The number of aromatic nitrogens is 2. The van der Waals surface area contributed by atoms with Crippen LogP contribution in [0.2, 0.25) is 0 Å². The lowest BCUT2D eigenvalue weighted by atomic mass is 10.2. The minimum Gasteiger partial charge on any atom is -0.454 e. The normalized spacial score (nSPS) is 12.6. The molecule has 1 aliphatic rings. The van der Waals surface area contributed by atoms with Crippen LogP contribution in [0.25, 0.3) is 22.1 Å². The molecule has 0 fully saturated rings. The highest BCUT2D eigenvalue weighted by Crippen LogP contribution is 2.32. The third kappa shape index (κ3) is 3.18. The molecule has 3 aromatic carbocycles. The van der Waals surface area contributed by atoms with Gasteiger partial charge in [-0.3, -0.25) is 13.9 Å². The molecule has 0 saturated carbocycles. The first-order valence-electron chi connectivity index (χ1n) is 10.4. The SMILES string of the molecule is O=c1c2oc3ccccc3c2n(Cc2ccc(F)cc2)c(=O)n1Cc1ccc2c(c1)OCO2. The van der Waals surface area contributed by atoms with Crippen LogP contribution in [0.15, 0.2) is 80.7 Å². The van der Waals surface area contributed by atoms with Crippen LogP contribution in [0.4, 0.5) is 4.39 Å². The zero-order chi connectivity index (χ0) is 22.5. The van der Waals surface area contributed by atoms with Crippen molar-refractivity contribution in [3.05, 3.63) is 105 Å². The molecule has 0 spiro atoms. The van der Waals surface area contributed by atoms with E-state index in [1.165, 1.54) is 16.7 Å². The highest BCUT2D eigenvalue weighted by Gasteiger charge is 2.21. The molecule has 0 radical (unpaired) electrons. The number of halogens is 1. The molecule has 0 amide bonds. The Kier molecular flexibility index (Phi) is 4.33. The van der Waals surface area contributed by atoms with Crippen LogP contribution < -0.4 is 20.7 Å². The third-order valence-corrected chi connectivity index (χ3v) is 5.77. The molecule has 8 heteroatoms. The van der Waals surface area contributed by atoms with Crippen molar-refractivity contribution < 1.29 is 18.3 Å². The summed E-state index contributed by atoms with van der Waals surface area (Å²) in [6, 6.07) is 18.4. The van der Waals surface area contributed by atoms with E-state index in [4.69, 9.17) is 13.9 Å². The summed E-state index contributed by atoms with van der Waals surface area (Å²) in [6.07, 6.45) is 0. The second-order valence-corrected chi connectivity index (χ2v) is 7.85. The highest BCUT2D eigenvalue weighted by atomic mass is 19.1. The van der Waals surface area contributed by atoms with E-state index in [1.54, 1.807) is 42.5 Å². The van der Waals surface area contributed by atoms with Crippen LogP contribution in [0.5, 0.6) is 11.5 Å². The molecule has 2 aromatic heterocycles. The van der Waals surface area contributed by atoms with Gasteiger partial charge in [-0.2, -0.15) is 0 Å². The van der Waals surface area contributed by atoms with Crippen molar-refractivity contribution in [1.82, 2.24) is 9.13 Å². The van der Waals surface area contributed by atoms with Gasteiger partial charge in [0.25, 0.3) is 5.56 Å². The first kappa shape index (κ1) is 19.4. The Balaban J connectivity index is 1.57. The van der Waals surface area contributed by atoms with E-state index in [0.29, 0.717) is 33.5 Å². The van der Waals surface area contributed by atoms with Crippen LogP contribution in [-0.2, 0) is 13.1 Å². The second-order valence-electron chi connectivity index (χ2n) is 7.85. The van der Waals surface area contributed by atoms with Gasteiger partial charge in [0.05, 0.1) is 13.1 Å². The van der Waals surface area contributed by atoms with Gasteiger partial charge < -0.3 is 13.9 Å². The van der Waals surface area contributed by atoms with Crippen LogP contribution in [0.1, 0.15) is 11.1 Å². The fourth-order valence-electron chi connectivity index (χ4n) is 4.18. The van der Waals surface area contributed by atoms with Gasteiger partial charge in [0.1, 0.15) is 16.9 Å². The molecule has 0 aliphatic carbocycles. The van der Waals surface area contributed by atoms with Crippen molar-refractivity contribution in [3.8, 4) is 11.5 Å². The van der Waals surface area contributed by atoms with Crippen LogP contribution in [0, 0.1) is 5.82 Å². The van der Waals surface area contributed by atoms with Gasteiger partial charge in [0.2, 0.25) is 12.4 Å². The zero-order valence-electron chi connectivity index (χ0n) is 17.3. The molecular weight excluding hydrogens is 427 g/mol. The van der Waals surface area contributed by atoms with Crippen molar-refractivity contribution in [3.63, 3.8) is 0 Å². The average Bonchev–Trinajstić information content (AvgIpc) is 3.45. The number of hydrogen-bond donors (Lipinski definition) is 0. The smallest absolute Gasteiger partial charge is 0.332 e. The van der Waals surface area contributed by atoms with Gasteiger partial charge in [-0.25, -0.2) is 9.18 Å². The average molecular weight is 444 g/mol. The molecular formula is C25H17FN2O5. The van der Waals surface area contributed by atoms with E-state index in [-0.39, 0.29) is 31.3 Å². The molecule has 0 bridgehead atoms. The number of para-hydroxylation sites is 1. The van der Waals surface area contributed by atoms with Crippen molar-refractivity contribution in [2.45, 2.75) is 13.1 Å². The lowest BCUT2D eigenvalue weighted by Gasteiger charge is -2.12. The Morgan fingerprint density at radius 1 is 0.818 bits per heavy atom. The zero-order valence-corrected chi connectivity index (χ0v) is 17.3. The van der Waals surface area contributed by atoms with E-state index in [2.05, 4.69) is 0 Å². The maximum atomic E-state index is 13.6. The Morgan fingerprint density at radius 2 is 1.55 bits per heavy atom. The van der Waals surface area contributed by atoms with E-state index >= 15 is 0 Å². The maximum Gasteiger partial charge on any atom is 0.332 e. The number of furan rings is 1. The Labute approximate surface area is 185 Å². The van der Waals surface area contributed by atoms with Crippen molar-refractivity contribution in [2.24, 2.45) is 0 Å². The molecule has 0 N–H and O–H groups in total. The number of rotatable bonds is 4. The van der Waals surface area contributed by atoms with Crippen LogP contribution >= 0.6 is 0 Å². The minimum atomic E-state index is -0.515. The molecule has 7 nitrogen and oxygen atoms in total. The molecule has 33 heavy (non-hydrogen) atoms. The molecule has 3 heterocycles. The summed E-state index contributed by atoms with van der Waals surface area (Å²) in [5.41, 5.74) is 1.46. The second kappa shape index (κ2) is 7.37. The minimum absolute atomic E-state index is 0.0325. The molecule has 1 aliphatic heterocycles. The molecule has 0 saturated heterocycles. The van der Waals surface area contributed by atoms with E-state index in [1.807, 2.05) is 12.1 Å². The fraction of sp³-hybridized carbons (Fsp3) is 0.120. The van der Waals surface area contributed by atoms with Crippen molar-refractivity contribution in [2.75, 3.05) is 6.79 Å². The van der Waals surface area contributed by atoms with E-state index in [9.17, 15) is 14.0 Å². The summed E-state index contributed by atoms with van der Waals surface area (Å²) >= 11 is 0. The van der Waals surface area contributed by atoms with E-state index in [0.717, 1.165) is 10.1 Å². The Hall–Kier alpha value is -4.33. The standard InChI is InChI=1S/C25H17FN2O5/c26-17-8-5-15(6-9-17)12-27-22-18-3-1-2-4-19(18)33-23(22)24(29)28(25(27)30)13-16-7-10-20-21(11-16)32-14-31-20/h1-11H,12-14H2. The van der Waals surface area contributed by atoms with Gasteiger partial charge >= 0.3 is 5.69 Å². The Morgan fingerprint density at radius 3 is 2.39 bits per heavy atom. The predicted octanol–water partition coefficient (Wildman–Crippen LogP) is 3.87. The summed E-state index contributed by atoms with van der Waals surface area (Å²) < 4.78 is 32.7. The highest BCUT2D eigenvalue weighted by molar-refractivity contribution is 6.02. The number of nitrogens with zero attached hydrogens (tertiary/aromatic N) is 2. The summed E-state index contributed by atoms with van der Waals surface area (Å²) in [4.78, 5) is 27.0. The monoisotopic (exact) mass is 444 g/mol. The summed E-state index contributed by atoms with van der Waals surface area (Å²) in [5, 5.41) is 0.666. The quantitative estimate of drug-likeness (QED) is 0.421. The van der Waals surface area contributed by atoms with Crippen molar-refractivity contribution in [1.29, 1.82) is 0 Å². The summed E-state index contributed by atoms with van der Waals surface area (Å²) in [7, 11) is 0. The summed E-state index contributed by atoms with van der Waals surface area (Å²) in [5.74, 6) is 0.822. The van der Waals surface area contributed by atoms with Crippen LogP contribution in [0.3, 0.4) is 0 Å². The number of ether oxygens (including phenoxy) is 2. The lowest BCUT2D eigenvalue weighted by Crippen LogP contribution is -2.40. The van der Waals surface area contributed by atoms with Gasteiger partial charge in [0, 0.05) is 5.39 Å². The lowest BCUT2D eigenvalue weighted by molar-refractivity contribution is 0.174. The van der Waals surface area contributed by atoms with Gasteiger partial charge in [0.15, 0.2) is 11.5 Å². The maximum absolute atomic E-state index is 13.6. The van der Waals surface area contributed by atoms with E-state index < -0.39 is 11.2 Å². The molecule has 5 aromatic rings. The largest absolute Gasteiger partial charge is 0.454 e. The van der Waals surface area contributed by atoms with Crippen LogP contribution in [-0.4, -0.2) is 15.9 Å². The topological polar surface area (TPSA) is 75.6 Å². The van der Waals surface area contributed by atoms with Gasteiger partial charge in [-0.1, -0.05) is 30.3 Å². The van der Waals surface area contributed by atoms with Gasteiger partial charge in [-0.15, -0.1) is 0 Å². The number of hydrogen-bond acceptors (Lipinski definition) is 5. The molecule has 0 unspecified atom stereocenters. The fourth-order valence-corrected chi connectivity index (χ4v) is 4.18. The molecule has 0 atom stereocenters. The van der Waals surface area contributed by atoms with Gasteiger partial charge in [-0.05, 0) is 47.5 Å². The number of benzene rings is 3. The number of fused-ring (bicyclic) bond motifs is 4. The third-order valence-electron chi connectivity index (χ3n) is 5.77. The molecule has 164 valence electrons. The van der Waals surface area contributed by atoms with Crippen molar-refractivity contribution >= 4 is 22.1 Å². The predicted molar refractivity (Wildman–Crippen MR) is 119 cm³/mol. The molecule has 6 rings (SSSR count).